The lowest BCUT2D eigenvalue weighted by Crippen LogP contribution is -2.44. The molecule has 0 aliphatic rings. The number of likely N-dealkylation sites (N-methyl/N-ethyl adjacent to an activating group) is 2. The third-order valence-electron chi connectivity index (χ3n) is 3.81. The third kappa shape index (κ3) is 5.76. The number of benzene rings is 1. The molecular formula is C19H25N3O3. The highest BCUT2D eigenvalue weighted by Crippen LogP contribution is 2.17. The van der Waals surface area contributed by atoms with Gasteiger partial charge < -0.3 is 14.6 Å². The van der Waals surface area contributed by atoms with Crippen molar-refractivity contribution in [3.8, 4) is 0 Å². The Morgan fingerprint density at radius 3 is 2.40 bits per heavy atom. The molecule has 2 aromatic rings. The minimum atomic E-state index is -0.0752. The van der Waals surface area contributed by atoms with E-state index >= 15 is 0 Å². The normalized spacial score (nSPS) is 10.7. The van der Waals surface area contributed by atoms with Crippen LogP contribution in [0, 0.1) is 0 Å². The first-order valence-corrected chi connectivity index (χ1v) is 8.50. The van der Waals surface area contributed by atoms with E-state index in [-0.39, 0.29) is 24.9 Å². The first-order valence-electron chi connectivity index (χ1n) is 8.50. The molecule has 0 saturated heterocycles. The summed E-state index contributed by atoms with van der Waals surface area (Å²) in [5, 5.41) is 2.76. The number of rotatable bonds is 9. The Balaban J connectivity index is 2.10. The standard InChI is InChI=1S/C19H25N3O3/c1-3-20-18(23)14-21(4-2)15-19(24)22(13-17-11-8-12-25-17)16-9-6-5-7-10-16/h5-12H,3-4,13-15H2,1-2H3,(H,20,23). The molecule has 1 heterocycles. The van der Waals surface area contributed by atoms with Crippen molar-refractivity contribution in [2.45, 2.75) is 20.4 Å². The van der Waals surface area contributed by atoms with Crippen molar-refractivity contribution < 1.29 is 14.0 Å². The summed E-state index contributed by atoms with van der Waals surface area (Å²) in [6, 6.07) is 13.1. The van der Waals surface area contributed by atoms with Gasteiger partial charge in [0, 0.05) is 12.2 Å². The molecule has 0 radical (unpaired) electrons. The lowest BCUT2D eigenvalue weighted by atomic mass is 10.2. The lowest BCUT2D eigenvalue weighted by molar-refractivity contribution is -0.124. The molecule has 0 spiro atoms. The van der Waals surface area contributed by atoms with Crippen LogP contribution in [0.2, 0.25) is 0 Å². The van der Waals surface area contributed by atoms with Crippen molar-refractivity contribution in [3.05, 3.63) is 54.5 Å². The van der Waals surface area contributed by atoms with Gasteiger partial charge in [-0.05, 0) is 37.7 Å². The topological polar surface area (TPSA) is 65.8 Å². The van der Waals surface area contributed by atoms with Gasteiger partial charge in [0.15, 0.2) is 0 Å². The lowest BCUT2D eigenvalue weighted by Gasteiger charge is -2.26. The van der Waals surface area contributed by atoms with E-state index in [1.54, 1.807) is 17.2 Å². The van der Waals surface area contributed by atoms with E-state index in [9.17, 15) is 9.59 Å². The maximum atomic E-state index is 12.9. The summed E-state index contributed by atoms with van der Waals surface area (Å²) in [7, 11) is 0. The number of para-hydroxylation sites is 1. The van der Waals surface area contributed by atoms with Crippen LogP contribution >= 0.6 is 0 Å². The quantitative estimate of drug-likeness (QED) is 0.758. The van der Waals surface area contributed by atoms with Crippen molar-refractivity contribution in [1.82, 2.24) is 10.2 Å². The molecule has 0 fully saturated rings. The molecule has 2 rings (SSSR count). The van der Waals surface area contributed by atoms with Gasteiger partial charge in [-0.1, -0.05) is 25.1 Å². The average Bonchev–Trinajstić information content (AvgIpc) is 3.13. The summed E-state index contributed by atoms with van der Waals surface area (Å²) in [6.07, 6.45) is 1.59. The van der Waals surface area contributed by atoms with Gasteiger partial charge in [0.05, 0.1) is 25.9 Å². The zero-order valence-electron chi connectivity index (χ0n) is 14.8. The van der Waals surface area contributed by atoms with Gasteiger partial charge in [0.1, 0.15) is 5.76 Å². The van der Waals surface area contributed by atoms with Crippen LogP contribution in [0.1, 0.15) is 19.6 Å². The number of nitrogens with one attached hydrogen (secondary N) is 1. The van der Waals surface area contributed by atoms with Crippen molar-refractivity contribution >= 4 is 17.5 Å². The van der Waals surface area contributed by atoms with E-state index in [1.165, 1.54) is 0 Å². The summed E-state index contributed by atoms with van der Waals surface area (Å²) in [5.74, 6) is 0.562. The maximum absolute atomic E-state index is 12.9. The zero-order valence-corrected chi connectivity index (χ0v) is 14.8. The Morgan fingerprint density at radius 2 is 1.80 bits per heavy atom. The fourth-order valence-corrected chi connectivity index (χ4v) is 2.50. The zero-order chi connectivity index (χ0) is 18.1. The number of anilines is 1. The number of furan rings is 1. The highest BCUT2D eigenvalue weighted by Gasteiger charge is 2.20. The molecular weight excluding hydrogens is 318 g/mol. The van der Waals surface area contributed by atoms with Gasteiger partial charge in [-0.2, -0.15) is 0 Å². The highest BCUT2D eigenvalue weighted by atomic mass is 16.3. The van der Waals surface area contributed by atoms with Crippen LogP contribution in [-0.2, 0) is 16.1 Å². The van der Waals surface area contributed by atoms with Gasteiger partial charge in [0.25, 0.3) is 0 Å². The molecule has 2 amide bonds. The van der Waals surface area contributed by atoms with Crippen molar-refractivity contribution in [2.75, 3.05) is 31.1 Å². The van der Waals surface area contributed by atoms with E-state index < -0.39 is 0 Å². The monoisotopic (exact) mass is 343 g/mol. The molecule has 0 atom stereocenters. The molecule has 0 unspecified atom stereocenters. The Morgan fingerprint density at radius 1 is 1.04 bits per heavy atom. The van der Waals surface area contributed by atoms with Gasteiger partial charge in [-0.3, -0.25) is 14.5 Å². The highest BCUT2D eigenvalue weighted by molar-refractivity contribution is 5.95. The summed E-state index contributed by atoms with van der Waals surface area (Å²) in [5.41, 5.74) is 0.804. The molecule has 0 saturated carbocycles. The predicted octanol–water partition coefficient (Wildman–Crippen LogP) is 2.27. The molecule has 1 aromatic carbocycles. The van der Waals surface area contributed by atoms with E-state index in [0.717, 1.165) is 5.69 Å². The summed E-state index contributed by atoms with van der Waals surface area (Å²) >= 11 is 0. The van der Waals surface area contributed by atoms with Crippen molar-refractivity contribution in [3.63, 3.8) is 0 Å². The van der Waals surface area contributed by atoms with E-state index in [1.807, 2.05) is 55.1 Å². The first-order chi connectivity index (χ1) is 12.1. The number of carbonyl (C=O) groups is 2. The van der Waals surface area contributed by atoms with Crippen molar-refractivity contribution in [1.29, 1.82) is 0 Å². The average molecular weight is 343 g/mol. The second-order valence-corrected chi connectivity index (χ2v) is 5.65. The second kappa shape index (κ2) is 9.64. The molecule has 25 heavy (non-hydrogen) atoms. The largest absolute Gasteiger partial charge is 0.467 e. The first kappa shape index (κ1) is 18.7. The summed E-state index contributed by atoms with van der Waals surface area (Å²) in [6.45, 7) is 5.74. The van der Waals surface area contributed by atoms with Crippen LogP contribution in [0.5, 0.6) is 0 Å². The predicted molar refractivity (Wildman–Crippen MR) is 97.1 cm³/mol. The molecule has 0 bridgehead atoms. The summed E-state index contributed by atoms with van der Waals surface area (Å²) < 4.78 is 5.39. The van der Waals surface area contributed by atoms with Gasteiger partial charge in [0.2, 0.25) is 11.8 Å². The van der Waals surface area contributed by atoms with E-state index in [2.05, 4.69) is 5.32 Å². The number of hydrogen-bond donors (Lipinski definition) is 1. The Hall–Kier alpha value is -2.60. The molecule has 0 aliphatic carbocycles. The van der Waals surface area contributed by atoms with Crippen LogP contribution < -0.4 is 10.2 Å². The summed E-state index contributed by atoms with van der Waals surface area (Å²) in [4.78, 5) is 28.2. The molecule has 1 N–H and O–H groups in total. The number of hydrogen-bond acceptors (Lipinski definition) is 4. The van der Waals surface area contributed by atoms with Gasteiger partial charge >= 0.3 is 0 Å². The molecule has 1 aromatic heterocycles. The number of carbonyl (C=O) groups excluding carboxylic acids is 2. The molecule has 6 heteroatoms. The SMILES string of the molecule is CCNC(=O)CN(CC)CC(=O)N(Cc1ccco1)c1ccccc1. The Bertz CT molecular complexity index is 656. The van der Waals surface area contributed by atoms with Gasteiger partial charge in [-0.15, -0.1) is 0 Å². The minimum Gasteiger partial charge on any atom is -0.467 e. The third-order valence-corrected chi connectivity index (χ3v) is 3.81. The fourth-order valence-electron chi connectivity index (χ4n) is 2.50. The molecule has 0 aliphatic heterocycles. The maximum Gasteiger partial charge on any atom is 0.241 e. The van der Waals surface area contributed by atoms with Crippen LogP contribution in [0.25, 0.3) is 0 Å². The fraction of sp³-hybridized carbons (Fsp3) is 0.368. The van der Waals surface area contributed by atoms with Crippen LogP contribution in [0.3, 0.4) is 0 Å². The van der Waals surface area contributed by atoms with Crippen LogP contribution in [-0.4, -0.2) is 42.9 Å². The number of nitrogens with zero attached hydrogens (tertiary/aromatic N) is 2. The molecule has 134 valence electrons. The Labute approximate surface area is 148 Å². The van der Waals surface area contributed by atoms with E-state index in [4.69, 9.17) is 4.42 Å². The van der Waals surface area contributed by atoms with E-state index in [0.29, 0.717) is 25.4 Å². The smallest absolute Gasteiger partial charge is 0.241 e. The van der Waals surface area contributed by atoms with Crippen molar-refractivity contribution in [2.24, 2.45) is 0 Å². The van der Waals surface area contributed by atoms with Gasteiger partial charge in [-0.25, -0.2) is 0 Å². The van der Waals surface area contributed by atoms with Crippen LogP contribution in [0.15, 0.2) is 53.1 Å². The Kier molecular flexibility index (Phi) is 7.22. The molecule has 6 nitrogen and oxygen atoms in total. The van der Waals surface area contributed by atoms with Crippen LogP contribution in [0.4, 0.5) is 5.69 Å². The second-order valence-electron chi connectivity index (χ2n) is 5.65. The number of amides is 2. The minimum absolute atomic E-state index is 0.0746.